The Balaban J connectivity index is 2.07. The summed E-state index contributed by atoms with van der Waals surface area (Å²) >= 11 is 2.22. The van der Waals surface area contributed by atoms with Crippen molar-refractivity contribution in [2.24, 2.45) is 0 Å². The number of nitrogens with zero attached hydrogens (tertiary/aromatic N) is 1. The first-order valence-corrected chi connectivity index (χ1v) is 7.06. The first-order valence-electron chi connectivity index (χ1n) is 5.98. The molecule has 0 saturated carbocycles. The van der Waals surface area contributed by atoms with Crippen molar-refractivity contribution in [3.05, 3.63) is 33.4 Å². The Morgan fingerprint density at radius 2 is 1.94 bits per heavy atom. The topological polar surface area (TPSA) is 49.4 Å². The third kappa shape index (κ3) is 2.82. The van der Waals surface area contributed by atoms with Gasteiger partial charge in [0.25, 0.3) is 5.91 Å². The number of benzene rings is 1. The van der Waals surface area contributed by atoms with Gasteiger partial charge < -0.3 is 5.32 Å². The van der Waals surface area contributed by atoms with Crippen LogP contribution in [-0.2, 0) is 11.3 Å². The van der Waals surface area contributed by atoms with Crippen molar-refractivity contribution in [1.29, 1.82) is 0 Å². The van der Waals surface area contributed by atoms with Gasteiger partial charge in [-0.15, -0.1) is 0 Å². The molecule has 4 nitrogen and oxygen atoms in total. The molecule has 5 heteroatoms. The summed E-state index contributed by atoms with van der Waals surface area (Å²) in [5, 5.41) is 2.72. The van der Waals surface area contributed by atoms with Crippen molar-refractivity contribution >= 4 is 34.5 Å². The van der Waals surface area contributed by atoms with Gasteiger partial charge in [0.15, 0.2) is 0 Å². The minimum Gasteiger partial charge on any atom is -0.326 e. The van der Waals surface area contributed by atoms with Crippen LogP contribution in [0.4, 0.5) is 4.79 Å². The van der Waals surface area contributed by atoms with Crippen LogP contribution < -0.4 is 5.32 Å². The van der Waals surface area contributed by atoms with Gasteiger partial charge in [-0.2, -0.15) is 0 Å². The number of hydrogen-bond donors (Lipinski definition) is 1. The fourth-order valence-corrected chi connectivity index (χ4v) is 2.34. The van der Waals surface area contributed by atoms with E-state index in [1.807, 2.05) is 31.2 Å². The zero-order valence-corrected chi connectivity index (χ0v) is 12.3. The van der Waals surface area contributed by atoms with Crippen LogP contribution in [0.3, 0.4) is 0 Å². The van der Waals surface area contributed by atoms with E-state index in [0.717, 1.165) is 15.6 Å². The molecule has 1 unspecified atom stereocenters. The molecule has 1 heterocycles. The molecular weight excluding hydrogens is 343 g/mol. The van der Waals surface area contributed by atoms with Gasteiger partial charge in [-0.3, -0.25) is 9.69 Å². The first kappa shape index (κ1) is 13.3. The van der Waals surface area contributed by atoms with E-state index in [4.69, 9.17) is 0 Å². The maximum absolute atomic E-state index is 12.0. The van der Waals surface area contributed by atoms with E-state index in [9.17, 15) is 9.59 Å². The van der Waals surface area contributed by atoms with Crippen LogP contribution in [0.1, 0.15) is 25.3 Å². The monoisotopic (exact) mass is 358 g/mol. The van der Waals surface area contributed by atoms with E-state index in [2.05, 4.69) is 27.9 Å². The molecule has 3 amide bonds. The molecule has 2 rings (SSSR count). The highest BCUT2D eigenvalue weighted by Crippen LogP contribution is 2.15. The quantitative estimate of drug-likeness (QED) is 0.664. The molecule has 0 radical (unpaired) electrons. The van der Waals surface area contributed by atoms with Crippen molar-refractivity contribution in [2.45, 2.75) is 32.4 Å². The van der Waals surface area contributed by atoms with E-state index < -0.39 is 0 Å². The number of carbonyl (C=O) groups excluding carboxylic acids is 2. The summed E-state index contributed by atoms with van der Waals surface area (Å²) in [5.41, 5.74) is 0.969. The highest BCUT2D eigenvalue weighted by Gasteiger charge is 2.36. The SMILES string of the molecule is CCCC1NC(=O)N(Cc2ccc(I)cc2)C1=O. The Kier molecular flexibility index (Phi) is 4.21. The number of halogens is 1. The predicted molar refractivity (Wildman–Crippen MR) is 76.9 cm³/mol. The predicted octanol–water partition coefficient (Wildman–Crippen LogP) is 2.51. The fraction of sp³-hybridized carbons (Fsp3) is 0.385. The van der Waals surface area contributed by atoms with E-state index in [0.29, 0.717) is 13.0 Å². The number of imide groups is 1. The summed E-state index contributed by atoms with van der Waals surface area (Å²) in [5.74, 6) is -0.111. The second-order valence-electron chi connectivity index (χ2n) is 4.34. The lowest BCUT2D eigenvalue weighted by Gasteiger charge is -2.13. The van der Waals surface area contributed by atoms with Crippen LogP contribution in [0.5, 0.6) is 0 Å². The molecule has 1 N–H and O–H groups in total. The van der Waals surface area contributed by atoms with Crippen molar-refractivity contribution in [3.63, 3.8) is 0 Å². The lowest BCUT2D eigenvalue weighted by Crippen LogP contribution is -2.30. The van der Waals surface area contributed by atoms with Gasteiger partial charge in [-0.1, -0.05) is 25.5 Å². The molecule has 1 aliphatic rings. The standard InChI is InChI=1S/C13H15IN2O2/c1-2-3-11-12(17)16(13(18)15-11)8-9-4-6-10(14)7-5-9/h4-7,11H,2-3,8H2,1H3,(H,15,18). The van der Waals surface area contributed by atoms with Crippen LogP contribution in [0, 0.1) is 3.57 Å². The zero-order valence-electron chi connectivity index (χ0n) is 10.1. The summed E-state index contributed by atoms with van der Waals surface area (Å²) < 4.78 is 1.14. The highest BCUT2D eigenvalue weighted by atomic mass is 127. The fourth-order valence-electron chi connectivity index (χ4n) is 1.98. The van der Waals surface area contributed by atoms with Gasteiger partial charge in [-0.05, 0) is 46.7 Å². The van der Waals surface area contributed by atoms with Crippen molar-refractivity contribution < 1.29 is 9.59 Å². The molecule has 1 fully saturated rings. The van der Waals surface area contributed by atoms with Crippen LogP contribution in [0.25, 0.3) is 0 Å². The summed E-state index contributed by atoms with van der Waals surface area (Å²) in [7, 11) is 0. The molecule has 1 aliphatic heterocycles. The second kappa shape index (κ2) is 5.69. The third-order valence-electron chi connectivity index (χ3n) is 2.94. The van der Waals surface area contributed by atoms with Gasteiger partial charge in [0.1, 0.15) is 6.04 Å². The van der Waals surface area contributed by atoms with Crippen LogP contribution in [0.2, 0.25) is 0 Å². The maximum Gasteiger partial charge on any atom is 0.325 e. The van der Waals surface area contributed by atoms with Gasteiger partial charge in [-0.25, -0.2) is 4.79 Å². The molecule has 0 spiro atoms. The number of carbonyl (C=O) groups is 2. The number of rotatable bonds is 4. The van der Waals surface area contributed by atoms with Crippen LogP contribution in [0.15, 0.2) is 24.3 Å². The largest absolute Gasteiger partial charge is 0.326 e. The summed E-state index contributed by atoms with van der Waals surface area (Å²) in [6.45, 7) is 2.35. The molecule has 1 saturated heterocycles. The van der Waals surface area contributed by atoms with Crippen LogP contribution >= 0.6 is 22.6 Å². The molecule has 1 aromatic carbocycles. The van der Waals surface area contributed by atoms with Gasteiger partial charge in [0.05, 0.1) is 6.54 Å². The Hall–Kier alpha value is -1.11. The number of amides is 3. The van der Waals surface area contributed by atoms with E-state index in [1.165, 1.54) is 4.90 Å². The average molecular weight is 358 g/mol. The summed E-state index contributed by atoms with van der Waals surface area (Å²) in [6.07, 6.45) is 1.59. The highest BCUT2D eigenvalue weighted by molar-refractivity contribution is 14.1. The Morgan fingerprint density at radius 1 is 1.28 bits per heavy atom. The molecule has 0 aromatic heterocycles. The summed E-state index contributed by atoms with van der Waals surface area (Å²) in [6, 6.07) is 7.20. The Bertz CT molecular complexity index is 459. The minimum absolute atomic E-state index is 0.111. The zero-order chi connectivity index (χ0) is 13.1. The second-order valence-corrected chi connectivity index (χ2v) is 5.59. The Labute approximate surface area is 120 Å². The molecule has 18 heavy (non-hydrogen) atoms. The minimum atomic E-state index is -0.341. The molecular formula is C13H15IN2O2. The lowest BCUT2D eigenvalue weighted by molar-refractivity contribution is -0.128. The van der Waals surface area contributed by atoms with E-state index >= 15 is 0 Å². The Morgan fingerprint density at radius 3 is 2.56 bits per heavy atom. The van der Waals surface area contributed by atoms with Crippen LogP contribution in [-0.4, -0.2) is 22.9 Å². The lowest BCUT2D eigenvalue weighted by atomic mass is 10.1. The van der Waals surface area contributed by atoms with Gasteiger partial charge in [0.2, 0.25) is 0 Å². The number of nitrogens with one attached hydrogen (secondary N) is 1. The van der Waals surface area contributed by atoms with E-state index in [-0.39, 0.29) is 18.0 Å². The summed E-state index contributed by atoms with van der Waals surface area (Å²) in [4.78, 5) is 25.0. The van der Waals surface area contributed by atoms with Gasteiger partial charge in [0, 0.05) is 3.57 Å². The van der Waals surface area contributed by atoms with Crippen molar-refractivity contribution in [2.75, 3.05) is 0 Å². The van der Waals surface area contributed by atoms with E-state index in [1.54, 1.807) is 0 Å². The van der Waals surface area contributed by atoms with Gasteiger partial charge >= 0.3 is 6.03 Å². The normalized spacial score (nSPS) is 19.2. The molecule has 1 aromatic rings. The molecule has 0 bridgehead atoms. The number of hydrogen-bond acceptors (Lipinski definition) is 2. The first-order chi connectivity index (χ1) is 8.61. The molecule has 0 aliphatic carbocycles. The third-order valence-corrected chi connectivity index (χ3v) is 3.66. The smallest absolute Gasteiger partial charge is 0.325 e. The van der Waals surface area contributed by atoms with Crippen molar-refractivity contribution in [1.82, 2.24) is 10.2 Å². The number of urea groups is 1. The maximum atomic E-state index is 12.0. The van der Waals surface area contributed by atoms with Crippen molar-refractivity contribution in [3.8, 4) is 0 Å². The average Bonchev–Trinajstić information content (AvgIpc) is 2.60. The molecule has 1 atom stereocenters. The molecule has 96 valence electrons.